The molecule has 4 nitrogen and oxygen atoms in total. The quantitative estimate of drug-likeness (QED) is 0.901. The van der Waals surface area contributed by atoms with Gasteiger partial charge in [-0.05, 0) is 38.0 Å². The number of halogens is 2. The summed E-state index contributed by atoms with van der Waals surface area (Å²) in [6, 6.07) is 4.00. The van der Waals surface area contributed by atoms with Crippen LogP contribution in [0, 0.1) is 11.7 Å². The lowest BCUT2D eigenvalue weighted by atomic mass is 10.0. The van der Waals surface area contributed by atoms with Crippen LogP contribution in [-0.2, 0) is 0 Å². The molecule has 1 aliphatic heterocycles. The standard InChI is InChI=1S/C15H20ClFN2O2/c1-9(11-3-4-13(16)14(17)7-11)18-15(21)19-6-5-12(8-19)10(2)20/h3-4,7,9-10,12,20H,5-6,8H2,1-2H3,(H,18,21)/t9-,10+,12-/m0/s1. The van der Waals surface area contributed by atoms with Crippen LogP contribution in [0.2, 0.25) is 5.02 Å². The van der Waals surface area contributed by atoms with Crippen molar-refractivity contribution in [2.24, 2.45) is 5.92 Å². The predicted octanol–water partition coefficient (Wildman–Crippen LogP) is 2.95. The Balaban J connectivity index is 1.95. The van der Waals surface area contributed by atoms with Crippen LogP contribution >= 0.6 is 11.6 Å². The zero-order chi connectivity index (χ0) is 15.6. The lowest BCUT2D eigenvalue weighted by Gasteiger charge is -2.22. The van der Waals surface area contributed by atoms with Crippen LogP contribution in [0.3, 0.4) is 0 Å². The van der Waals surface area contributed by atoms with Crippen LogP contribution in [0.25, 0.3) is 0 Å². The van der Waals surface area contributed by atoms with Crippen LogP contribution in [0.4, 0.5) is 9.18 Å². The summed E-state index contributed by atoms with van der Waals surface area (Å²) in [4.78, 5) is 13.8. The number of aliphatic hydroxyl groups is 1. The molecule has 2 rings (SSSR count). The molecule has 21 heavy (non-hydrogen) atoms. The number of nitrogens with zero attached hydrogens (tertiary/aromatic N) is 1. The molecule has 1 saturated heterocycles. The minimum absolute atomic E-state index is 0.0663. The van der Waals surface area contributed by atoms with Gasteiger partial charge in [0.1, 0.15) is 5.82 Å². The van der Waals surface area contributed by atoms with E-state index in [0.717, 1.165) is 6.42 Å². The number of rotatable bonds is 3. The van der Waals surface area contributed by atoms with E-state index < -0.39 is 11.9 Å². The van der Waals surface area contributed by atoms with Gasteiger partial charge in [0.2, 0.25) is 0 Å². The summed E-state index contributed by atoms with van der Waals surface area (Å²) < 4.78 is 13.4. The summed E-state index contributed by atoms with van der Waals surface area (Å²) in [6.07, 6.45) is 0.389. The largest absolute Gasteiger partial charge is 0.393 e. The minimum atomic E-state index is -0.495. The zero-order valence-corrected chi connectivity index (χ0v) is 12.9. The van der Waals surface area contributed by atoms with E-state index in [1.807, 2.05) is 0 Å². The van der Waals surface area contributed by atoms with E-state index in [-0.39, 0.29) is 23.0 Å². The molecule has 1 aromatic carbocycles. The van der Waals surface area contributed by atoms with Crippen molar-refractivity contribution in [3.05, 3.63) is 34.6 Å². The van der Waals surface area contributed by atoms with Gasteiger partial charge in [-0.3, -0.25) is 0 Å². The summed E-state index contributed by atoms with van der Waals surface area (Å²) in [5, 5.41) is 12.5. The Kier molecular flexibility index (Phi) is 5.06. The van der Waals surface area contributed by atoms with Gasteiger partial charge in [-0.25, -0.2) is 9.18 Å². The fourth-order valence-electron chi connectivity index (χ4n) is 2.51. The first kappa shape index (κ1) is 16.0. The SMILES string of the molecule is C[C@H](NC(=O)N1CC[C@H]([C@@H](C)O)C1)c1ccc(Cl)c(F)c1. The van der Waals surface area contributed by atoms with Gasteiger partial charge in [0.05, 0.1) is 17.2 Å². The molecule has 2 amide bonds. The number of nitrogens with one attached hydrogen (secondary N) is 1. The summed E-state index contributed by atoms with van der Waals surface area (Å²) in [6.45, 7) is 4.71. The first-order chi connectivity index (χ1) is 9.88. The third kappa shape index (κ3) is 3.86. The molecule has 1 fully saturated rings. The van der Waals surface area contributed by atoms with E-state index in [2.05, 4.69) is 5.32 Å². The predicted molar refractivity (Wildman–Crippen MR) is 79.7 cm³/mol. The van der Waals surface area contributed by atoms with E-state index in [9.17, 15) is 14.3 Å². The third-order valence-electron chi connectivity index (χ3n) is 3.98. The highest BCUT2D eigenvalue weighted by Gasteiger charge is 2.29. The number of hydrogen-bond donors (Lipinski definition) is 2. The number of carbonyl (C=O) groups is 1. The topological polar surface area (TPSA) is 52.6 Å². The van der Waals surface area contributed by atoms with E-state index in [0.29, 0.717) is 18.7 Å². The summed E-state index contributed by atoms with van der Waals surface area (Å²) in [5.41, 5.74) is 0.663. The van der Waals surface area contributed by atoms with E-state index in [1.165, 1.54) is 12.1 Å². The average Bonchev–Trinajstić information content (AvgIpc) is 2.91. The van der Waals surface area contributed by atoms with Crippen molar-refractivity contribution < 1.29 is 14.3 Å². The van der Waals surface area contributed by atoms with Crippen molar-refractivity contribution in [1.29, 1.82) is 0 Å². The monoisotopic (exact) mass is 314 g/mol. The van der Waals surface area contributed by atoms with Crippen molar-refractivity contribution >= 4 is 17.6 Å². The molecule has 0 bridgehead atoms. The molecule has 0 spiro atoms. The molecule has 0 aromatic heterocycles. The molecule has 2 N–H and O–H groups in total. The molecule has 1 heterocycles. The Morgan fingerprint density at radius 3 is 2.81 bits per heavy atom. The summed E-state index contributed by atoms with van der Waals surface area (Å²) in [5.74, 6) is -0.371. The lowest BCUT2D eigenvalue weighted by molar-refractivity contribution is 0.129. The van der Waals surface area contributed by atoms with Crippen LogP contribution in [0.1, 0.15) is 31.9 Å². The molecular weight excluding hydrogens is 295 g/mol. The minimum Gasteiger partial charge on any atom is -0.393 e. The highest BCUT2D eigenvalue weighted by atomic mass is 35.5. The summed E-state index contributed by atoms with van der Waals surface area (Å²) >= 11 is 5.65. The molecule has 116 valence electrons. The second-order valence-corrected chi connectivity index (χ2v) is 5.99. The zero-order valence-electron chi connectivity index (χ0n) is 12.1. The molecular formula is C15H20ClFN2O2. The number of likely N-dealkylation sites (tertiary alicyclic amines) is 1. The second kappa shape index (κ2) is 6.62. The van der Waals surface area contributed by atoms with Crippen molar-refractivity contribution in [1.82, 2.24) is 10.2 Å². The van der Waals surface area contributed by atoms with Crippen LogP contribution in [-0.4, -0.2) is 35.2 Å². The molecule has 0 saturated carbocycles. The molecule has 3 atom stereocenters. The van der Waals surface area contributed by atoms with Gasteiger partial charge in [-0.1, -0.05) is 17.7 Å². The normalized spacial score (nSPS) is 21.2. The molecule has 0 unspecified atom stereocenters. The van der Waals surface area contributed by atoms with E-state index in [4.69, 9.17) is 11.6 Å². The van der Waals surface area contributed by atoms with Gasteiger partial charge in [0, 0.05) is 19.0 Å². The van der Waals surface area contributed by atoms with Crippen molar-refractivity contribution in [3.63, 3.8) is 0 Å². The van der Waals surface area contributed by atoms with Crippen molar-refractivity contribution in [2.75, 3.05) is 13.1 Å². The fraction of sp³-hybridized carbons (Fsp3) is 0.533. The number of aliphatic hydroxyl groups excluding tert-OH is 1. The van der Waals surface area contributed by atoms with Gasteiger partial charge in [-0.15, -0.1) is 0 Å². The molecule has 1 aliphatic rings. The average molecular weight is 315 g/mol. The lowest BCUT2D eigenvalue weighted by Crippen LogP contribution is -2.40. The Morgan fingerprint density at radius 2 is 2.24 bits per heavy atom. The van der Waals surface area contributed by atoms with Gasteiger partial charge < -0.3 is 15.3 Å². The number of hydrogen-bond acceptors (Lipinski definition) is 2. The van der Waals surface area contributed by atoms with Crippen LogP contribution < -0.4 is 5.32 Å². The maximum absolute atomic E-state index is 13.4. The van der Waals surface area contributed by atoms with Gasteiger partial charge in [0.25, 0.3) is 0 Å². The number of benzene rings is 1. The second-order valence-electron chi connectivity index (χ2n) is 5.58. The number of urea groups is 1. The highest BCUT2D eigenvalue weighted by molar-refractivity contribution is 6.30. The third-order valence-corrected chi connectivity index (χ3v) is 4.28. The van der Waals surface area contributed by atoms with E-state index >= 15 is 0 Å². The Hall–Kier alpha value is -1.33. The molecule has 0 radical (unpaired) electrons. The smallest absolute Gasteiger partial charge is 0.317 e. The van der Waals surface area contributed by atoms with E-state index in [1.54, 1.807) is 24.8 Å². The van der Waals surface area contributed by atoms with Crippen molar-refractivity contribution in [2.45, 2.75) is 32.4 Å². The van der Waals surface area contributed by atoms with Gasteiger partial charge in [0.15, 0.2) is 0 Å². The number of amides is 2. The maximum atomic E-state index is 13.4. The Labute approximate surface area is 128 Å². The first-order valence-electron chi connectivity index (χ1n) is 7.07. The maximum Gasteiger partial charge on any atom is 0.317 e. The Bertz CT molecular complexity index is 524. The van der Waals surface area contributed by atoms with Gasteiger partial charge >= 0.3 is 6.03 Å². The number of carbonyl (C=O) groups excluding carboxylic acids is 1. The van der Waals surface area contributed by atoms with Crippen LogP contribution in [0.5, 0.6) is 0 Å². The van der Waals surface area contributed by atoms with Crippen LogP contribution in [0.15, 0.2) is 18.2 Å². The fourth-order valence-corrected chi connectivity index (χ4v) is 2.62. The summed E-state index contributed by atoms with van der Waals surface area (Å²) in [7, 11) is 0. The molecule has 1 aromatic rings. The van der Waals surface area contributed by atoms with Gasteiger partial charge in [-0.2, -0.15) is 0 Å². The molecule has 6 heteroatoms. The first-order valence-corrected chi connectivity index (χ1v) is 7.44. The van der Waals surface area contributed by atoms with Crippen molar-refractivity contribution in [3.8, 4) is 0 Å². The molecule has 0 aliphatic carbocycles. The Morgan fingerprint density at radius 1 is 1.52 bits per heavy atom. The highest BCUT2D eigenvalue weighted by Crippen LogP contribution is 2.22.